The minimum absolute atomic E-state index is 0.508. The molecule has 0 fully saturated rings. The van der Waals surface area contributed by atoms with Gasteiger partial charge in [-0.15, -0.1) is 133 Å². The second-order valence-electron chi connectivity index (χ2n) is 5.96. The van der Waals surface area contributed by atoms with E-state index in [4.69, 9.17) is 133 Å². The van der Waals surface area contributed by atoms with E-state index in [1.807, 2.05) is 0 Å². The number of hydrogen-bond donors (Lipinski definition) is 0. The second-order valence-corrected chi connectivity index (χ2v) is 48.1. The summed E-state index contributed by atoms with van der Waals surface area (Å²) in [6.07, 6.45) is 0. The second kappa shape index (κ2) is 12.0. The molecule has 0 heterocycles. The fraction of sp³-hybridized carbons (Fsp3) is 1.00. The first-order valence-electron chi connectivity index (χ1n) is 7.10. The van der Waals surface area contributed by atoms with E-state index in [0.717, 1.165) is 24.2 Å². The van der Waals surface area contributed by atoms with Crippen LogP contribution in [0.3, 0.4) is 0 Å². The summed E-state index contributed by atoms with van der Waals surface area (Å²) in [5, 5.41) is 0. The third kappa shape index (κ3) is 19.0. The van der Waals surface area contributed by atoms with Gasteiger partial charge in [0.1, 0.15) is 0 Å². The van der Waals surface area contributed by atoms with Crippen LogP contribution in [0.5, 0.6) is 0 Å². The van der Waals surface area contributed by atoms with Crippen molar-refractivity contribution < 1.29 is 0 Å². The van der Waals surface area contributed by atoms with Crippen molar-refractivity contribution in [2.24, 2.45) is 0 Å². The molecule has 0 spiro atoms. The Hall–Kier alpha value is 4.56. The molecule has 0 aromatic carbocycles. The zero-order valence-corrected chi connectivity index (χ0v) is 26.8. The third-order valence-corrected chi connectivity index (χ3v) is 21.1. The van der Waals surface area contributed by atoms with Gasteiger partial charge in [-0.1, -0.05) is 24.2 Å². The number of rotatable bonds is 12. The minimum atomic E-state index is -2.80. The van der Waals surface area contributed by atoms with Crippen molar-refractivity contribution >= 4 is 165 Å². The Labute approximate surface area is 210 Å². The summed E-state index contributed by atoms with van der Waals surface area (Å²) in [5.41, 5.74) is 0. The number of hydrogen-bond acceptors (Lipinski definition) is 0. The van der Waals surface area contributed by atoms with E-state index in [1.54, 1.807) is 0 Å². The Morgan fingerprint density at radius 1 is 0.280 bits per heavy atom. The summed E-state index contributed by atoms with van der Waals surface area (Å²) >= 11 is 73.1. The quantitative estimate of drug-likeness (QED) is 0.143. The largest absolute Gasteiger partial charge is 0.341 e. The van der Waals surface area contributed by atoms with Crippen molar-refractivity contribution in [2.45, 2.75) is 48.4 Å². The van der Waals surface area contributed by atoms with Gasteiger partial charge in [0.25, 0.3) is 0 Å². The topological polar surface area (TPSA) is 0 Å². The van der Waals surface area contributed by atoms with Crippen molar-refractivity contribution in [1.82, 2.24) is 0 Å². The van der Waals surface area contributed by atoms with Gasteiger partial charge in [-0.05, 0) is 24.2 Å². The van der Waals surface area contributed by atoms with Gasteiger partial charge in [0.15, 0.2) is 0 Å². The lowest BCUT2D eigenvalue weighted by molar-refractivity contribution is 1.10. The average Bonchev–Trinajstić information content (AvgIpc) is 2.33. The smallest absolute Gasteiger partial charge is 0.126 e. The molecule has 0 aliphatic heterocycles. The van der Waals surface area contributed by atoms with Crippen LogP contribution in [0.1, 0.15) is 0 Å². The molecule has 0 aliphatic carbocycles. The molecule has 0 aromatic heterocycles. The molecule has 17 heteroatoms. The molecule has 0 atom stereocenters. The Morgan fingerprint density at radius 3 is 0.560 bits per heavy atom. The lowest BCUT2D eigenvalue weighted by atomic mass is 10.9. The first kappa shape index (κ1) is 29.6. The first-order valence-corrected chi connectivity index (χ1v) is 30.9. The van der Waals surface area contributed by atoms with E-state index in [2.05, 4.69) is 0 Å². The highest BCUT2D eigenvalue weighted by atomic mass is 35.9. The van der Waals surface area contributed by atoms with E-state index in [-0.39, 0.29) is 0 Å². The van der Waals surface area contributed by atoms with Gasteiger partial charge < -0.3 is 0 Å². The molecule has 0 unspecified atom stereocenters. The van der Waals surface area contributed by atoms with Crippen LogP contribution >= 0.6 is 133 Å². The SMILES string of the molecule is Cl[Si](Cl)(Cl)CC[Si](CC[Si](Cl)(Cl)Cl)(CC[Si](Cl)(Cl)Cl)CC[Si](Cl)(Cl)Cl. The van der Waals surface area contributed by atoms with Crippen molar-refractivity contribution in [1.29, 1.82) is 0 Å². The van der Waals surface area contributed by atoms with Gasteiger partial charge in [-0.3, -0.25) is 0 Å². The predicted octanol–water partition coefficient (Wildman–Crippen LogP) is 10.1. The van der Waals surface area contributed by atoms with Gasteiger partial charge in [0.05, 0.1) is 8.07 Å². The summed E-state index contributed by atoms with van der Waals surface area (Å²) < 4.78 is 0. The summed E-state index contributed by atoms with van der Waals surface area (Å²) in [4.78, 5) is 0. The summed E-state index contributed by atoms with van der Waals surface area (Å²) in [5.74, 6) is 0. The van der Waals surface area contributed by atoms with Crippen LogP contribution in [0.25, 0.3) is 0 Å². The normalized spacial score (nSPS) is 14.9. The third-order valence-electron chi connectivity index (χ3n) is 3.76. The average molecular weight is 678 g/mol. The van der Waals surface area contributed by atoms with Crippen LogP contribution < -0.4 is 0 Å². The molecule has 0 aromatic rings. The van der Waals surface area contributed by atoms with Crippen LogP contribution in [0, 0.1) is 0 Å². The van der Waals surface area contributed by atoms with Crippen molar-refractivity contribution in [3.05, 3.63) is 0 Å². The molecule has 0 bridgehead atoms. The molecule has 25 heavy (non-hydrogen) atoms. The maximum absolute atomic E-state index is 6.09. The van der Waals surface area contributed by atoms with E-state index < -0.39 is 32.1 Å². The van der Waals surface area contributed by atoms with Gasteiger partial charge >= 0.3 is 24.0 Å². The summed E-state index contributed by atoms with van der Waals surface area (Å²) in [6.45, 7) is 0. The maximum Gasteiger partial charge on any atom is 0.341 e. The Morgan fingerprint density at radius 2 is 0.440 bits per heavy atom. The lowest BCUT2D eigenvalue weighted by Crippen LogP contribution is -2.39. The van der Waals surface area contributed by atoms with Crippen LogP contribution in [0.4, 0.5) is 0 Å². The van der Waals surface area contributed by atoms with Crippen molar-refractivity contribution in [3.8, 4) is 0 Å². The van der Waals surface area contributed by atoms with E-state index in [9.17, 15) is 0 Å². The van der Waals surface area contributed by atoms with E-state index in [0.29, 0.717) is 24.2 Å². The van der Waals surface area contributed by atoms with Gasteiger partial charge in [0.2, 0.25) is 0 Å². The monoisotopic (exact) mass is 672 g/mol. The fourth-order valence-corrected chi connectivity index (χ4v) is 27.1. The van der Waals surface area contributed by atoms with Crippen LogP contribution in [0.15, 0.2) is 0 Å². The maximum atomic E-state index is 6.09. The standard InChI is InChI=1S/C8H16Cl12Si5/c9-22(10,11)5-1-21(2-6-23(12,13)14,3-7-24(15,16)17)4-8-25(18,19)20/h1-8H2. The fourth-order valence-electron chi connectivity index (χ4n) is 2.38. The molecule has 0 radical (unpaired) electrons. The molecule has 0 N–H and O–H groups in total. The van der Waals surface area contributed by atoms with Crippen molar-refractivity contribution in [3.63, 3.8) is 0 Å². The Kier molecular flexibility index (Phi) is 14.2. The van der Waals surface area contributed by atoms with Crippen molar-refractivity contribution in [2.75, 3.05) is 0 Å². The molecule has 0 rings (SSSR count). The lowest BCUT2D eigenvalue weighted by Gasteiger charge is -2.35. The summed E-state index contributed by atoms with van der Waals surface area (Å²) in [6, 6.07) is -6.20. The van der Waals surface area contributed by atoms with Crippen LogP contribution in [-0.2, 0) is 0 Å². The van der Waals surface area contributed by atoms with Gasteiger partial charge in [-0.25, -0.2) is 0 Å². The zero-order valence-electron chi connectivity index (χ0n) is 12.7. The molecule has 0 aliphatic rings. The van der Waals surface area contributed by atoms with Crippen LogP contribution in [0.2, 0.25) is 48.4 Å². The zero-order chi connectivity index (χ0) is 20.2. The van der Waals surface area contributed by atoms with Gasteiger partial charge in [0, 0.05) is 0 Å². The van der Waals surface area contributed by atoms with Gasteiger partial charge in [-0.2, -0.15) is 0 Å². The molecule has 0 saturated heterocycles. The highest BCUT2D eigenvalue weighted by molar-refractivity contribution is 7.66. The van der Waals surface area contributed by atoms with Crippen LogP contribution in [-0.4, -0.2) is 32.1 Å². The molecule has 0 amide bonds. The first-order chi connectivity index (χ1) is 10.8. The Balaban J connectivity index is 5.41. The minimum Gasteiger partial charge on any atom is -0.126 e. The highest BCUT2D eigenvalue weighted by Gasteiger charge is 2.43. The molecule has 152 valence electrons. The molecular weight excluding hydrogens is 662 g/mol. The number of halogens is 12. The summed E-state index contributed by atoms with van der Waals surface area (Å²) in [7, 11) is -2.11. The molecular formula is C8H16Cl12Si5. The highest BCUT2D eigenvalue weighted by Crippen LogP contribution is 2.44. The molecule has 0 nitrogen and oxygen atoms in total. The van der Waals surface area contributed by atoms with E-state index in [1.165, 1.54) is 0 Å². The van der Waals surface area contributed by atoms with E-state index >= 15 is 0 Å². The molecule has 0 saturated carbocycles. The Bertz CT molecular complexity index is 319. The predicted molar refractivity (Wildman–Crippen MR) is 137 cm³/mol.